The number of anilines is 1. The first-order valence-electron chi connectivity index (χ1n) is 6.89. The lowest BCUT2D eigenvalue weighted by molar-refractivity contribution is 0.0952. The Morgan fingerprint density at radius 2 is 2.40 bits per heavy atom. The zero-order valence-electron chi connectivity index (χ0n) is 11.9. The number of amides is 1. The molecule has 1 atom stereocenters. The second kappa shape index (κ2) is 7.04. The molecule has 0 radical (unpaired) electrons. The normalized spacial score (nSPS) is 18.1. The molecule has 2 N–H and O–H groups in total. The summed E-state index contributed by atoms with van der Waals surface area (Å²) >= 11 is 3.37. The van der Waals surface area contributed by atoms with E-state index in [0.717, 1.165) is 24.0 Å². The van der Waals surface area contributed by atoms with E-state index in [4.69, 9.17) is 0 Å². The third-order valence-electron chi connectivity index (χ3n) is 3.50. The summed E-state index contributed by atoms with van der Waals surface area (Å²) in [6.07, 6.45) is 3.94. The molecule has 1 unspecified atom stereocenters. The molecular weight excluding hydrogens is 320 g/mol. The van der Waals surface area contributed by atoms with Crippen molar-refractivity contribution in [2.75, 3.05) is 38.6 Å². The van der Waals surface area contributed by atoms with E-state index in [0.29, 0.717) is 23.8 Å². The summed E-state index contributed by atoms with van der Waals surface area (Å²) in [5, 5.41) is 6.33. The highest BCUT2D eigenvalue weighted by atomic mass is 79.9. The smallest absolute Gasteiger partial charge is 0.255 e. The van der Waals surface area contributed by atoms with E-state index in [1.165, 1.54) is 6.42 Å². The van der Waals surface area contributed by atoms with Gasteiger partial charge in [-0.25, -0.2) is 4.98 Å². The second-order valence-electron chi connectivity index (χ2n) is 5.32. The van der Waals surface area contributed by atoms with Gasteiger partial charge in [-0.2, -0.15) is 0 Å². The predicted octanol–water partition coefficient (Wildman–Crippen LogP) is 1.64. The monoisotopic (exact) mass is 340 g/mol. The summed E-state index contributed by atoms with van der Waals surface area (Å²) in [7, 11) is 3.77. The molecule has 20 heavy (non-hydrogen) atoms. The molecule has 2 heterocycles. The maximum atomic E-state index is 12.3. The van der Waals surface area contributed by atoms with Crippen molar-refractivity contribution in [2.24, 2.45) is 5.92 Å². The van der Waals surface area contributed by atoms with Gasteiger partial charge >= 0.3 is 0 Å². The first-order valence-corrected chi connectivity index (χ1v) is 7.69. The summed E-state index contributed by atoms with van der Waals surface area (Å²) in [4.78, 5) is 18.4. The molecule has 5 nitrogen and oxygen atoms in total. The molecule has 2 rings (SSSR count). The van der Waals surface area contributed by atoms with Crippen LogP contribution in [0.5, 0.6) is 0 Å². The summed E-state index contributed by atoms with van der Waals surface area (Å²) in [5.74, 6) is 1.31. The van der Waals surface area contributed by atoms with Crippen LogP contribution in [-0.2, 0) is 0 Å². The van der Waals surface area contributed by atoms with Crippen LogP contribution in [0.15, 0.2) is 16.7 Å². The third kappa shape index (κ3) is 3.93. The molecule has 1 fully saturated rings. The summed E-state index contributed by atoms with van der Waals surface area (Å²) in [5.41, 5.74) is 0.605. The maximum absolute atomic E-state index is 12.3. The predicted molar refractivity (Wildman–Crippen MR) is 84.2 cm³/mol. The zero-order chi connectivity index (χ0) is 14.5. The van der Waals surface area contributed by atoms with Crippen molar-refractivity contribution < 1.29 is 4.79 Å². The van der Waals surface area contributed by atoms with Gasteiger partial charge in [-0.05, 0) is 53.8 Å². The van der Waals surface area contributed by atoms with Gasteiger partial charge in [0.1, 0.15) is 5.82 Å². The molecule has 1 aliphatic heterocycles. The van der Waals surface area contributed by atoms with Gasteiger partial charge in [0, 0.05) is 31.3 Å². The van der Waals surface area contributed by atoms with Gasteiger partial charge in [0.05, 0.1) is 5.56 Å². The highest BCUT2D eigenvalue weighted by Gasteiger charge is 2.17. The molecule has 0 aliphatic carbocycles. The van der Waals surface area contributed by atoms with Crippen LogP contribution in [0.25, 0.3) is 0 Å². The van der Waals surface area contributed by atoms with E-state index in [2.05, 4.69) is 31.5 Å². The topological polar surface area (TPSA) is 57.3 Å². The standard InChI is InChI=1S/C14H21BrN4O/c1-19(2)13-12(7-11(15)9-18-13)14(20)17-6-4-10-3-5-16-8-10/h7,9-10,16H,3-6,8H2,1-2H3,(H,17,20). The molecule has 1 aromatic rings. The number of nitrogens with zero attached hydrogens (tertiary/aromatic N) is 2. The Labute approximate surface area is 128 Å². The van der Waals surface area contributed by atoms with Crippen molar-refractivity contribution in [2.45, 2.75) is 12.8 Å². The Balaban J connectivity index is 1.95. The van der Waals surface area contributed by atoms with E-state index < -0.39 is 0 Å². The van der Waals surface area contributed by atoms with Crippen molar-refractivity contribution in [3.8, 4) is 0 Å². The lowest BCUT2D eigenvalue weighted by atomic mass is 10.1. The zero-order valence-corrected chi connectivity index (χ0v) is 13.5. The van der Waals surface area contributed by atoms with Gasteiger partial charge in [0.25, 0.3) is 5.91 Å². The molecule has 0 spiro atoms. The Bertz CT molecular complexity index is 472. The van der Waals surface area contributed by atoms with E-state index in [1.54, 1.807) is 6.20 Å². The number of rotatable bonds is 5. The molecule has 0 bridgehead atoms. The maximum Gasteiger partial charge on any atom is 0.255 e. The lowest BCUT2D eigenvalue weighted by Gasteiger charge is -2.16. The number of pyridine rings is 1. The molecule has 1 amide bonds. The number of aromatic nitrogens is 1. The van der Waals surface area contributed by atoms with Crippen LogP contribution in [0, 0.1) is 5.92 Å². The third-order valence-corrected chi connectivity index (χ3v) is 3.94. The Hall–Kier alpha value is -1.14. The minimum atomic E-state index is -0.0616. The quantitative estimate of drug-likeness (QED) is 0.855. The summed E-state index contributed by atoms with van der Waals surface area (Å²) in [6, 6.07) is 1.81. The van der Waals surface area contributed by atoms with Crippen LogP contribution in [0.1, 0.15) is 23.2 Å². The fourth-order valence-electron chi connectivity index (χ4n) is 2.40. The van der Waals surface area contributed by atoms with E-state index in [9.17, 15) is 4.79 Å². The number of nitrogens with one attached hydrogen (secondary N) is 2. The van der Waals surface area contributed by atoms with Crippen molar-refractivity contribution in [1.29, 1.82) is 0 Å². The van der Waals surface area contributed by atoms with Gasteiger partial charge in [0.15, 0.2) is 0 Å². The first kappa shape index (κ1) is 15.3. The number of hydrogen-bond acceptors (Lipinski definition) is 4. The fraction of sp³-hybridized carbons (Fsp3) is 0.571. The highest BCUT2D eigenvalue weighted by molar-refractivity contribution is 9.10. The average Bonchev–Trinajstić information content (AvgIpc) is 2.91. The molecule has 0 aromatic carbocycles. The SMILES string of the molecule is CN(C)c1ncc(Br)cc1C(=O)NCCC1CCNC1. The summed E-state index contributed by atoms with van der Waals surface area (Å²) < 4.78 is 0.813. The molecule has 1 saturated heterocycles. The number of hydrogen-bond donors (Lipinski definition) is 2. The Kier molecular flexibility index (Phi) is 5.37. The van der Waals surface area contributed by atoms with Gasteiger partial charge in [-0.15, -0.1) is 0 Å². The molecule has 1 aliphatic rings. The Morgan fingerprint density at radius 3 is 3.05 bits per heavy atom. The first-order chi connectivity index (χ1) is 9.58. The van der Waals surface area contributed by atoms with Gasteiger partial charge in [0.2, 0.25) is 0 Å². The molecule has 0 saturated carbocycles. The molecule has 6 heteroatoms. The largest absolute Gasteiger partial charge is 0.362 e. The van der Waals surface area contributed by atoms with Crippen LogP contribution < -0.4 is 15.5 Å². The van der Waals surface area contributed by atoms with Crippen LogP contribution in [0.2, 0.25) is 0 Å². The van der Waals surface area contributed by atoms with E-state index in [1.807, 2.05) is 25.1 Å². The van der Waals surface area contributed by atoms with Gasteiger partial charge in [-0.1, -0.05) is 0 Å². The molecule has 1 aromatic heterocycles. The average molecular weight is 341 g/mol. The Morgan fingerprint density at radius 1 is 1.60 bits per heavy atom. The van der Waals surface area contributed by atoms with Crippen molar-refractivity contribution in [3.63, 3.8) is 0 Å². The van der Waals surface area contributed by atoms with Gasteiger partial charge in [-0.3, -0.25) is 4.79 Å². The van der Waals surface area contributed by atoms with Crippen molar-refractivity contribution in [3.05, 3.63) is 22.3 Å². The van der Waals surface area contributed by atoms with E-state index in [-0.39, 0.29) is 5.91 Å². The van der Waals surface area contributed by atoms with Crippen molar-refractivity contribution in [1.82, 2.24) is 15.6 Å². The second-order valence-corrected chi connectivity index (χ2v) is 6.24. The molecular formula is C14H21BrN4O. The van der Waals surface area contributed by atoms with Crippen LogP contribution >= 0.6 is 15.9 Å². The minimum Gasteiger partial charge on any atom is -0.362 e. The number of carbonyl (C=O) groups excluding carboxylic acids is 1. The van der Waals surface area contributed by atoms with Crippen LogP contribution in [0.3, 0.4) is 0 Å². The number of carbonyl (C=O) groups is 1. The number of halogens is 1. The lowest BCUT2D eigenvalue weighted by Crippen LogP contribution is -2.28. The van der Waals surface area contributed by atoms with Crippen LogP contribution in [-0.4, -0.2) is 44.6 Å². The summed E-state index contributed by atoms with van der Waals surface area (Å²) in [6.45, 7) is 2.88. The fourth-order valence-corrected chi connectivity index (χ4v) is 2.73. The highest BCUT2D eigenvalue weighted by Crippen LogP contribution is 2.20. The van der Waals surface area contributed by atoms with Crippen molar-refractivity contribution >= 4 is 27.7 Å². The van der Waals surface area contributed by atoms with Crippen LogP contribution in [0.4, 0.5) is 5.82 Å². The van der Waals surface area contributed by atoms with Gasteiger partial charge < -0.3 is 15.5 Å². The van der Waals surface area contributed by atoms with E-state index >= 15 is 0 Å². The molecule has 110 valence electrons. The minimum absolute atomic E-state index is 0.0616.